The number of benzene rings is 1. The second-order valence-electron chi connectivity index (χ2n) is 5.29. The normalized spacial score (nSPS) is 14.6. The van der Waals surface area contributed by atoms with E-state index >= 15 is 0 Å². The third-order valence-electron chi connectivity index (χ3n) is 3.65. The second-order valence-corrected chi connectivity index (χ2v) is 6.15. The molecule has 1 amide bonds. The van der Waals surface area contributed by atoms with Crippen LogP contribution in [0.25, 0.3) is 0 Å². The zero-order valence-electron chi connectivity index (χ0n) is 12.8. The fraction of sp³-hybridized carbons (Fsp3) is 0.312. The van der Waals surface area contributed by atoms with Crippen molar-refractivity contribution < 1.29 is 9.53 Å². The lowest BCUT2D eigenvalue weighted by Gasteiger charge is -2.27. The number of carbonyl (C=O) groups excluding carboxylic acids is 1. The van der Waals surface area contributed by atoms with Crippen molar-refractivity contribution in [2.24, 2.45) is 0 Å². The zero-order valence-corrected chi connectivity index (χ0v) is 14.3. The molecule has 23 heavy (non-hydrogen) atoms. The molecule has 0 bridgehead atoms. The van der Waals surface area contributed by atoms with Crippen LogP contribution in [0.3, 0.4) is 0 Å². The average molecular weight is 377 g/mol. The van der Waals surface area contributed by atoms with E-state index in [2.05, 4.69) is 36.3 Å². The molecular formula is C16H17BrN4O2. The molecule has 0 atom stereocenters. The quantitative estimate of drug-likeness (QED) is 0.891. The van der Waals surface area contributed by atoms with Crippen molar-refractivity contribution in [1.82, 2.24) is 10.2 Å². The highest BCUT2D eigenvalue weighted by Gasteiger charge is 2.14. The predicted octanol–water partition coefficient (Wildman–Crippen LogP) is 2.64. The maximum absolute atomic E-state index is 12.2. The van der Waals surface area contributed by atoms with Crippen LogP contribution >= 0.6 is 15.9 Å². The van der Waals surface area contributed by atoms with Crippen LogP contribution in [0.1, 0.15) is 16.1 Å². The van der Waals surface area contributed by atoms with Crippen molar-refractivity contribution in [3.63, 3.8) is 0 Å². The summed E-state index contributed by atoms with van der Waals surface area (Å²) >= 11 is 3.45. The van der Waals surface area contributed by atoms with E-state index in [0.717, 1.165) is 28.9 Å². The van der Waals surface area contributed by atoms with Crippen LogP contribution in [-0.2, 0) is 4.74 Å². The fourth-order valence-electron chi connectivity index (χ4n) is 2.27. The summed E-state index contributed by atoms with van der Waals surface area (Å²) in [5.74, 6) is 0.490. The van der Waals surface area contributed by atoms with E-state index in [1.165, 1.54) is 0 Å². The summed E-state index contributed by atoms with van der Waals surface area (Å²) in [6, 6.07) is 9.16. The Labute approximate surface area is 143 Å². The Kier molecular flexibility index (Phi) is 4.88. The molecule has 1 aliphatic heterocycles. The number of ether oxygens (including phenoxy) is 1. The summed E-state index contributed by atoms with van der Waals surface area (Å²) < 4.78 is 6.26. The number of hydrogen-bond acceptors (Lipinski definition) is 5. The minimum atomic E-state index is -0.276. The van der Waals surface area contributed by atoms with Crippen molar-refractivity contribution in [2.75, 3.05) is 36.5 Å². The number of morpholine rings is 1. The van der Waals surface area contributed by atoms with E-state index < -0.39 is 0 Å². The van der Waals surface area contributed by atoms with Crippen molar-refractivity contribution in [3.05, 3.63) is 46.1 Å². The van der Waals surface area contributed by atoms with Gasteiger partial charge in [0.25, 0.3) is 5.91 Å². The van der Waals surface area contributed by atoms with Gasteiger partial charge in [0.05, 0.1) is 13.2 Å². The lowest BCUT2D eigenvalue weighted by Crippen LogP contribution is -2.37. The minimum Gasteiger partial charge on any atom is -0.378 e. The fourth-order valence-corrected chi connectivity index (χ4v) is 2.65. The van der Waals surface area contributed by atoms with E-state index in [1.807, 2.05) is 31.2 Å². The van der Waals surface area contributed by atoms with Gasteiger partial charge in [-0.15, -0.1) is 10.2 Å². The molecule has 1 aromatic heterocycles. The standard InChI is InChI=1S/C16H17BrN4O2/c1-11-2-3-12(10-13(11)17)18-16(22)14-4-5-15(20-19-14)21-6-8-23-9-7-21/h2-5,10H,6-9H2,1H3,(H,18,22). The van der Waals surface area contributed by atoms with E-state index in [9.17, 15) is 4.79 Å². The van der Waals surface area contributed by atoms with Gasteiger partial charge in [-0.05, 0) is 36.8 Å². The Balaban J connectivity index is 1.68. The Bertz CT molecular complexity index is 700. The molecule has 0 spiro atoms. The Morgan fingerprint density at radius 3 is 2.65 bits per heavy atom. The van der Waals surface area contributed by atoms with Crippen molar-refractivity contribution in [2.45, 2.75) is 6.92 Å². The van der Waals surface area contributed by atoms with E-state index in [4.69, 9.17) is 4.74 Å². The SMILES string of the molecule is Cc1ccc(NC(=O)c2ccc(N3CCOCC3)nn2)cc1Br. The van der Waals surface area contributed by atoms with Gasteiger partial charge in [-0.1, -0.05) is 22.0 Å². The van der Waals surface area contributed by atoms with Gasteiger partial charge in [-0.3, -0.25) is 4.79 Å². The molecule has 0 radical (unpaired) electrons. The van der Waals surface area contributed by atoms with Gasteiger partial charge < -0.3 is 15.0 Å². The molecule has 2 aromatic rings. The van der Waals surface area contributed by atoms with Crippen molar-refractivity contribution >= 4 is 33.3 Å². The summed E-state index contributed by atoms with van der Waals surface area (Å²) in [5, 5.41) is 11.0. The first-order valence-corrected chi connectivity index (χ1v) is 8.17. The number of aromatic nitrogens is 2. The number of rotatable bonds is 3. The number of carbonyl (C=O) groups is 1. The molecule has 2 heterocycles. The molecule has 0 saturated carbocycles. The number of nitrogens with zero attached hydrogens (tertiary/aromatic N) is 3. The summed E-state index contributed by atoms with van der Waals surface area (Å²) in [4.78, 5) is 14.3. The third-order valence-corrected chi connectivity index (χ3v) is 4.50. The van der Waals surface area contributed by atoms with E-state index in [-0.39, 0.29) is 5.91 Å². The monoisotopic (exact) mass is 376 g/mol. The Morgan fingerprint density at radius 1 is 1.22 bits per heavy atom. The second kappa shape index (κ2) is 7.06. The topological polar surface area (TPSA) is 67.4 Å². The summed E-state index contributed by atoms with van der Waals surface area (Å²) in [7, 11) is 0. The highest BCUT2D eigenvalue weighted by molar-refractivity contribution is 9.10. The average Bonchev–Trinajstić information content (AvgIpc) is 2.59. The zero-order chi connectivity index (χ0) is 16.2. The number of amides is 1. The van der Waals surface area contributed by atoms with Crippen LogP contribution in [0.2, 0.25) is 0 Å². The van der Waals surface area contributed by atoms with Crippen LogP contribution in [0.4, 0.5) is 11.5 Å². The van der Waals surface area contributed by atoms with Gasteiger partial charge >= 0.3 is 0 Å². The van der Waals surface area contributed by atoms with Gasteiger partial charge in [0.1, 0.15) is 0 Å². The molecule has 1 aliphatic rings. The summed E-state index contributed by atoms with van der Waals surface area (Å²) in [6.45, 7) is 4.94. The minimum absolute atomic E-state index is 0.276. The summed E-state index contributed by atoms with van der Waals surface area (Å²) in [5.41, 5.74) is 2.11. The smallest absolute Gasteiger partial charge is 0.276 e. The first kappa shape index (κ1) is 15.9. The number of nitrogens with one attached hydrogen (secondary N) is 1. The molecular weight excluding hydrogens is 360 g/mol. The molecule has 1 N–H and O–H groups in total. The van der Waals surface area contributed by atoms with Crippen LogP contribution in [0, 0.1) is 6.92 Å². The Morgan fingerprint density at radius 2 is 2.00 bits per heavy atom. The molecule has 3 rings (SSSR count). The lowest BCUT2D eigenvalue weighted by molar-refractivity contribution is 0.102. The van der Waals surface area contributed by atoms with Crippen molar-refractivity contribution in [1.29, 1.82) is 0 Å². The van der Waals surface area contributed by atoms with Gasteiger partial charge in [-0.2, -0.15) is 0 Å². The Hall–Kier alpha value is -1.99. The maximum Gasteiger partial charge on any atom is 0.276 e. The molecule has 7 heteroatoms. The highest BCUT2D eigenvalue weighted by Crippen LogP contribution is 2.21. The first-order valence-electron chi connectivity index (χ1n) is 7.37. The number of hydrogen-bond donors (Lipinski definition) is 1. The van der Waals surface area contributed by atoms with Gasteiger partial charge in [0, 0.05) is 23.2 Å². The highest BCUT2D eigenvalue weighted by atomic mass is 79.9. The van der Waals surface area contributed by atoms with Crippen LogP contribution < -0.4 is 10.2 Å². The van der Waals surface area contributed by atoms with Crippen molar-refractivity contribution in [3.8, 4) is 0 Å². The third kappa shape index (κ3) is 3.86. The molecule has 0 aliphatic carbocycles. The molecule has 6 nitrogen and oxygen atoms in total. The number of anilines is 2. The number of aryl methyl sites for hydroxylation is 1. The lowest BCUT2D eigenvalue weighted by atomic mass is 10.2. The first-order chi connectivity index (χ1) is 11.1. The van der Waals surface area contributed by atoms with E-state index in [1.54, 1.807) is 6.07 Å². The van der Waals surface area contributed by atoms with Gasteiger partial charge in [0.2, 0.25) is 0 Å². The maximum atomic E-state index is 12.2. The number of halogens is 1. The molecule has 1 fully saturated rings. The van der Waals surface area contributed by atoms with Crippen LogP contribution in [-0.4, -0.2) is 42.4 Å². The predicted molar refractivity (Wildman–Crippen MR) is 91.9 cm³/mol. The van der Waals surface area contributed by atoms with Gasteiger partial charge in [0.15, 0.2) is 11.5 Å². The molecule has 120 valence electrons. The molecule has 1 aromatic carbocycles. The van der Waals surface area contributed by atoms with Crippen LogP contribution in [0.15, 0.2) is 34.8 Å². The molecule has 0 unspecified atom stereocenters. The largest absolute Gasteiger partial charge is 0.378 e. The summed E-state index contributed by atoms with van der Waals surface area (Å²) in [6.07, 6.45) is 0. The van der Waals surface area contributed by atoms with Crippen LogP contribution in [0.5, 0.6) is 0 Å². The molecule has 1 saturated heterocycles. The van der Waals surface area contributed by atoms with Gasteiger partial charge in [-0.25, -0.2) is 0 Å². The van der Waals surface area contributed by atoms with E-state index in [0.29, 0.717) is 24.6 Å².